The van der Waals surface area contributed by atoms with E-state index in [-0.39, 0.29) is 5.78 Å². The minimum absolute atomic E-state index is 0.135. The average molecular weight is 297 g/mol. The Hall–Kier alpha value is -1.10. The van der Waals surface area contributed by atoms with Crippen molar-refractivity contribution in [3.63, 3.8) is 0 Å². The Morgan fingerprint density at radius 2 is 2.15 bits per heavy atom. The Balaban J connectivity index is 1.93. The van der Waals surface area contributed by atoms with Gasteiger partial charge in [0.2, 0.25) is 0 Å². The van der Waals surface area contributed by atoms with Gasteiger partial charge in [-0.3, -0.25) is 9.69 Å². The molecule has 0 atom stereocenters. The highest BCUT2D eigenvalue weighted by Crippen LogP contribution is 2.22. The molecule has 0 bridgehead atoms. The van der Waals surface area contributed by atoms with Crippen LogP contribution in [0.1, 0.15) is 23.7 Å². The van der Waals surface area contributed by atoms with Crippen molar-refractivity contribution in [1.29, 1.82) is 0 Å². The maximum atomic E-state index is 11.9. The highest BCUT2D eigenvalue weighted by molar-refractivity contribution is 6.31. The Kier molecular flexibility index (Phi) is 5.83. The van der Waals surface area contributed by atoms with E-state index in [4.69, 9.17) is 16.3 Å². The van der Waals surface area contributed by atoms with Crippen LogP contribution in [-0.4, -0.2) is 50.1 Å². The van der Waals surface area contributed by atoms with Crippen LogP contribution in [0.25, 0.3) is 0 Å². The molecule has 0 aromatic heterocycles. The topological polar surface area (TPSA) is 41.6 Å². The molecule has 0 radical (unpaired) electrons. The second-order valence-electron chi connectivity index (χ2n) is 4.85. The van der Waals surface area contributed by atoms with Crippen molar-refractivity contribution >= 4 is 23.1 Å². The molecule has 1 saturated heterocycles. The van der Waals surface area contributed by atoms with Gasteiger partial charge < -0.3 is 10.1 Å². The van der Waals surface area contributed by atoms with Gasteiger partial charge in [0.1, 0.15) is 0 Å². The van der Waals surface area contributed by atoms with Crippen LogP contribution in [0.4, 0.5) is 5.69 Å². The first kappa shape index (κ1) is 15.3. The Morgan fingerprint density at radius 3 is 2.85 bits per heavy atom. The minimum atomic E-state index is 0.135. The summed E-state index contributed by atoms with van der Waals surface area (Å²) < 4.78 is 5.32. The molecule has 1 aromatic rings. The number of hydrogen-bond donors (Lipinski definition) is 1. The van der Waals surface area contributed by atoms with Crippen LogP contribution in [-0.2, 0) is 4.74 Å². The van der Waals surface area contributed by atoms with Crippen molar-refractivity contribution < 1.29 is 9.53 Å². The molecule has 1 N–H and O–H groups in total. The van der Waals surface area contributed by atoms with E-state index >= 15 is 0 Å². The molecule has 1 aliphatic rings. The van der Waals surface area contributed by atoms with E-state index in [1.165, 1.54) is 0 Å². The molecule has 2 rings (SSSR count). The Bertz CT molecular complexity index is 459. The fourth-order valence-electron chi connectivity index (χ4n) is 2.27. The summed E-state index contributed by atoms with van der Waals surface area (Å²) in [4.78, 5) is 14.2. The second kappa shape index (κ2) is 7.62. The number of carbonyl (C=O) groups is 1. The van der Waals surface area contributed by atoms with Crippen LogP contribution in [0.3, 0.4) is 0 Å². The second-order valence-corrected chi connectivity index (χ2v) is 5.28. The molecular formula is C15H21ClN2O2. The number of Topliss-reactive ketones (excluding diaryl/α,β-unsaturated/α-hetero) is 1. The van der Waals surface area contributed by atoms with E-state index in [1.54, 1.807) is 12.1 Å². The van der Waals surface area contributed by atoms with Crippen LogP contribution in [0.15, 0.2) is 18.2 Å². The van der Waals surface area contributed by atoms with Crippen molar-refractivity contribution in [1.82, 2.24) is 4.90 Å². The van der Waals surface area contributed by atoms with Crippen molar-refractivity contribution in [3.8, 4) is 0 Å². The first-order valence-corrected chi connectivity index (χ1v) is 7.45. The lowest BCUT2D eigenvalue weighted by molar-refractivity contribution is 0.0398. The summed E-state index contributed by atoms with van der Waals surface area (Å²) in [5, 5.41) is 3.97. The molecule has 1 aromatic carbocycles. The van der Waals surface area contributed by atoms with Gasteiger partial charge in [-0.1, -0.05) is 18.5 Å². The standard InChI is InChI=1S/C15H21ClN2O2/c1-2-15(19)13-4-3-12(16)11-14(13)17-5-6-18-7-9-20-10-8-18/h3-4,11,17H,2,5-10H2,1H3. The number of hydrogen-bond acceptors (Lipinski definition) is 4. The van der Waals surface area contributed by atoms with Crippen molar-refractivity contribution in [2.45, 2.75) is 13.3 Å². The third-order valence-electron chi connectivity index (χ3n) is 3.45. The van der Waals surface area contributed by atoms with Gasteiger partial charge in [-0.15, -0.1) is 0 Å². The van der Waals surface area contributed by atoms with Crippen LogP contribution < -0.4 is 5.32 Å². The average Bonchev–Trinajstić information content (AvgIpc) is 2.48. The van der Waals surface area contributed by atoms with E-state index in [0.29, 0.717) is 11.4 Å². The molecule has 5 heteroatoms. The lowest BCUT2D eigenvalue weighted by Crippen LogP contribution is -2.39. The van der Waals surface area contributed by atoms with Gasteiger partial charge in [0.05, 0.1) is 13.2 Å². The van der Waals surface area contributed by atoms with Crippen LogP contribution >= 0.6 is 11.6 Å². The predicted molar refractivity (Wildman–Crippen MR) is 81.8 cm³/mol. The zero-order valence-electron chi connectivity index (χ0n) is 11.8. The molecule has 110 valence electrons. The summed E-state index contributed by atoms with van der Waals surface area (Å²) in [6, 6.07) is 5.38. The normalized spacial score (nSPS) is 16.1. The lowest BCUT2D eigenvalue weighted by Gasteiger charge is -2.26. The third kappa shape index (κ3) is 4.20. The molecule has 0 aliphatic carbocycles. The van der Waals surface area contributed by atoms with Gasteiger partial charge in [-0.25, -0.2) is 0 Å². The highest BCUT2D eigenvalue weighted by Gasteiger charge is 2.12. The summed E-state index contributed by atoms with van der Waals surface area (Å²) in [5.41, 5.74) is 1.55. The summed E-state index contributed by atoms with van der Waals surface area (Å²) in [5.74, 6) is 0.135. The number of ether oxygens (including phenoxy) is 1. The van der Waals surface area contributed by atoms with E-state index in [0.717, 1.165) is 50.6 Å². The summed E-state index contributed by atoms with van der Waals surface area (Å²) in [7, 11) is 0. The number of halogens is 1. The molecule has 0 amide bonds. The summed E-state index contributed by atoms with van der Waals surface area (Å²) in [6.07, 6.45) is 0.500. The van der Waals surface area contributed by atoms with Gasteiger partial charge in [0.25, 0.3) is 0 Å². The van der Waals surface area contributed by atoms with E-state index in [9.17, 15) is 4.79 Å². The number of nitrogens with one attached hydrogen (secondary N) is 1. The summed E-state index contributed by atoms with van der Waals surface area (Å²) >= 11 is 6.01. The maximum Gasteiger partial charge on any atom is 0.164 e. The van der Waals surface area contributed by atoms with Crippen molar-refractivity contribution in [3.05, 3.63) is 28.8 Å². The quantitative estimate of drug-likeness (QED) is 0.820. The van der Waals surface area contributed by atoms with Gasteiger partial charge >= 0.3 is 0 Å². The van der Waals surface area contributed by atoms with Crippen molar-refractivity contribution in [2.24, 2.45) is 0 Å². The smallest absolute Gasteiger partial charge is 0.164 e. The third-order valence-corrected chi connectivity index (χ3v) is 3.69. The van der Waals surface area contributed by atoms with Crippen LogP contribution in [0, 0.1) is 0 Å². The zero-order valence-corrected chi connectivity index (χ0v) is 12.6. The minimum Gasteiger partial charge on any atom is -0.383 e. The first-order valence-electron chi connectivity index (χ1n) is 7.07. The molecule has 0 unspecified atom stereocenters. The summed E-state index contributed by atoms with van der Waals surface area (Å²) in [6.45, 7) is 7.15. The number of rotatable bonds is 6. The van der Waals surface area contributed by atoms with Gasteiger partial charge in [-0.2, -0.15) is 0 Å². The zero-order chi connectivity index (χ0) is 14.4. The number of benzene rings is 1. The van der Waals surface area contributed by atoms with E-state index < -0.39 is 0 Å². The highest BCUT2D eigenvalue weighted by atomic mass is 35.5. The number of carbonyl (C=O) groups excluding carboxylic acids is 1. The number of nitrogens with zero attached hydrogens (tertiary/aromatic N) is 1. The van der Waals surface area contributed by atoms with E-state index in [2.05, 4.69) is 10.2 Å². The molecule has 1 fully saturated rings. The molecule has 4 nitrogen and oxygen atoms in total. The van der Waals surface area contributed by atoms with Gasteiger partial charge in [-0.05, 0) is 18.2 Å². The SMILES string of the molecule is CCC(=O)c1ccc(Cl)cc1NCCN1CCOCC1. The van der Waals surface area contributed by atoms with Crippen LogP contribution in [0.5, 0.6) is 0 Å². The molecule has 1 aliphatic heterocycles. The van der Waals surface area contributed by atoms with Crippen molar-refractivity contribution in [2.75, 3.05) is 44.7 Å². The maximum absolute atomic E-state index is 11.9. The molecule has 0 saturated carbocycles. The number of anilines is 1. The molecule has 20 heavy (non-hydrogen) atoms. The largest absolute Gasteiger partial charge is 0.383 e. The lowest BCUT2D eigenvalue weighted by atomic mass is 10.1. The molecular weight excluding hydrogens is 276 g/mol. The molecule has 1 heterocycles. The van der Waals surface area contributed by atoms with Gasteiger partial charge in [0.15, 0.2) is 5.78 Å². The first-order chi connectivity index (χ1) is 9.70. The Labute approximate surface area is 125 Å². The monoisotopic (exact) mass is 296 g/mol. The number of ketones is 1. The fourth-order valence-corrected chi connectivity index (χ4v) is 2.44. The van der Waals surface area contributed by atoms with Gasteiger partial charge in [0, 0.05) is 48.9 Å². The van der Waals surface area contributed by atoms with E-state index in [1.807, 2.05) is 13.0 Å². The fraction of sp³-hybridized carbons (Fsp3) is 0.533. The molecule has 0 spiro atoms. The Morgan fingerprint density at radius 1 is 1.40 bits per heavy atom. The van der Waals surface area contributed by atoms with Crippen LogP contribution in [0.2, 0.25) is 5.02 Å². The number of morpholine rings is 1. The predicted octanol–water partition coefficient (Wildman–Crippen LogP) is 2.68.